The van der Waals surface area contributed by atoms with Crippen molar-refractivity contribution >= 4 is 17.7 Å². The van der Waals surface area contributed by atoms with Gasteiger partial charge in [-0.2, -0.15) is 11.8 Å². The maximum Gasteiger partial charge on any atom is 0.320 e. The molecule has 0 rings (SSSR count). The Labute approximate surface area is 90.7 Å². The highest BCUT2D eigenvalue weighted by molar-refractivity contribution is 7.99. The highest BCUT2D eigenvalue weighted by Gasteiger charge is 2.17. The fourth-order valence-electron chi connectivity index (χ4n) is 1.25. The van der Waals surface area contributed by atoms with Crippen molar-refractivity contribution in [2.24, 2.45) is 0 Å². The van der Waals surface area contributed by atoms with Crippen LogP contribution in [0.15, 0.2) is 0 Å². The fourth-order valence-corrected chi connectivity index (χ4v) is 1.94. The van der Waals surface area contributed by atoms with Gasteiger partial charge in [-0.15, -0.1) is 0 Å². The number of rotatable bonds is 8. The van der Waals surface area contributed by atoms with E-state index in [2.05, 4.69) is 12.2 Å². The summed E-state index contributed by atoms with van der Waals surface area (Å²) in [6.45, 7) is 6.15. The van der Waals surface area contributed by atoms with Gasteiger partial charge in [-0.05, 0) is 19.1 Å². The third-order valence-electron chi connectivity index (χ3n) is 1.93. The van der Waals surface area contributed by atoms with Crippen LogP contribution in [0.3, 0.4) is 0 Å². The number of carbonyl (C=O) groups is 1. The van der Waals surface area contributed by atoms with Crippen molar-refractivity contribution in [3.05, 3.63) is 0 Å². The third kappa shape index (κ3) is 6.27. The first-order valence-corrected chi connectivity index (χ1v) is 6.33. The van der Waals surface area contributed by atoms with E-state index < -0.39 is 5.97 Å². The predicted molar refractivity (Wildman–Crippen MR) is 61.9 cm³/mol. The SMILES string of the molecule is CCCC(NC(C)CSCC)C(=O)O. The summed E-state index contributed by atoms with van der Waals surface area (Å²) in [4.78, 5) is 10.8. The Balaban J connectivity index is 3.83. The smallest absolute Gasteiger partial charge is 0.320 e. The first kappa shape index (κ1) is 13.8. The maximum absolute atomic E-state index is 10.8. The van der Waals surface area contributed by atoms with E-state index in [-0.39, 0.29) is 12.1 Å². The molecular formula is C10H21NO2S. The Hall–Kier alpha value is -0.220. The molecule has 4 heteroatoms. The lowest BCUT2D eigenvalue weighted by Gasteiger charge is -2.19. The van der Waals surface area contributed by atoms with Crippen LogP contribution in [0.5, 0.6) is 0 Å². The number of hydrogen-bond donors (Lipinski definition) is 2. The molecule has 2 atom stereocenters. The van der Waals surface area contributed by atoms with E-state index >= 15 is 0 Å². The van der Waals surface area contributed by atoms with Crippen LogP contribution in [-0.4, -0.2) is 34.7 Å². The first-order chi connectivity index (χ1) is 6.61. The monoisotopic (exact) mass is 219 g/mol. The van der Waals surface area contributed by atoms with Crippen LogP contribution in [0.25, 0.3) is 0 Å². The van der Waals surface area contributed by atoms with Crippen molar-refractivity contribution in [3.8, 4) is 0 Å². The summed E-state index contributed by atoms with van der Waals surface area (Å²) in [6.07, 6.45) is 1.61. The molecule has 0 aromatic heterocycles. The van der Waals surface area contributed by atoms with Gasteiger partial charge in [0.05, 0.1) is 0 Å². The molecule has 0 spiro atoms. The van der Waals surface area contributed by atoms with E-state index in [1.165, 1.54) is 0 Å². The quantitative estimate of drug-likeness (QED) is 0.655. The molecule has 3 nitrogen and oxygen atoms in total. The zero-order valence-corrected chi connectivity index (χ0v) is 10.1. The van der Waals surface area contributed by atoms with E-state index in [1.807, 2.05) is 25.6 Å². The van der Waals surface area contributed by atoms with Crippen molar-refractivity contribution in [1.29, 1.82) is 0 Å². The van der Waals surface area contributed by atoms with E-state index in [0.717, 1.165) is 17.9 Å². The minimum Gasteiger partial charge on any atom is -0.480 e. The van der Waals surface area contributed by atoms with Gasteiger partial charge in [-0.1, -0.05) is 20.3 Å². The topological polar surface area (TPSA) is 49.3 Å². The maximum atomic E-state index is 10.8. The Morgan fingerprint density at radius 1 is 1.50 bits per heavy atom. The summed E-state index contributed by atoms with van der Waals surface area (Å²) in [5, 5.41) is 12.0. The van der Waals surface area contributed by atoms with E-state index in [0.29, 0.717) is 6.42 Å². The van der Waals surface area contributed by atoms with Gasteiger partial charge in [0.25, 0.3) is 0 Å². The average Bonchev–Trinajstić information content (AvgIpc) is 2.14. The van der Waals surface area contributed by atoms with E-state index in [4.69, 9.17) is 5.11 Å². The number of carboxylic acids is 1. The van der Waals surface area contributed by atoms with Gasteiger partial charge in [0, 0.05) is 11.8 Å². The average molecular weight is 219 g/mol. The highest BCUT2D eigenvalue weighted by Crippen LogP contribution is 2.04. The minimum absolute atomic E-state index is 0.271. The lowest BCUT2D eigenvalue weighted by molar-refractivity contribution is -0.139. The second-order valence-electron chi connectivity index (χ2n) is 3.41. The molecule has 84 valence electrons. The second-order valence-corrected chi connectivity index (χ2v) is 4.73. The molecule has 0 saturated carbocycles. The van der Waals surface area contributed by atoms with Gasteiger partial charge >= 0.3 is 5.97 Å². The Morgan fingerprint density at radius 2 is 2.14 bits per heavy atom. The lowest BCUT2D eigenvalue weighted by Crippen LogP contribution is -2.43. The van der Waals surface area contributed by atoms with Gasteiger partial charge in [-0.3, -0.25) is 4.79 Å². The summed E-state index contributed by atoms with van der Waals surface area (Å²) in [5.74, 6) is 1.32. The van der Waals surface area contributed by atoms with Gasteiger partial charge in [0.15, 0.2) is 0 Å². The Morgan fingerprint density at radius 3 is 2.57 bits per heavy atom. The molecule has 0 aliphatic carbocycles. The van der Waals surface area contributed by atoms with Crippen molar-refractivity contribution in [2.75, 3.05) is 11.5 Å². The van der Waals surface area contributed by atoms with Gasteiger partial charge in [-0.25, -0.2) is 0 Å². The Bertz CT molecular complexity index is 164. The molecule has 0 aromatic carbocycles. The predicted octanol–water partition coefficient (Wildman–Crippen LogP) is 1.97. The lowest BCUT2D eigenvalue weighted by atomic mass is 10.1. The number of hydrogen-bond acceptors (Lipinski definition) is 3. The fraction of sp³-hybridized carbons (Fsp3) is 0.900. The molecule has 0 saturated heterocycles. The number of carboxylic acid groups (broad SMARTS) is 1. The number of nitrogens with one attached hydrogen (secondary N) is 1. The van der Waals surface area contributed by atoms with Gasteiger partial charge in [0.1, 0.15) is 6.04 Å². The molecule has 14 heavy (non-hydrogen) atoms. The Kier molecular flexibility index (Phi) is 7.99. The van der Waals surface area contributed by atoms with Crippen LogP contribution < -0.4 is 5.32 Å². The van der Waals surface area contributed by atoms with Crippen molar-refractivity contribution in [1.82, 2.24) is 5.32 Å². The molecule has 0 bridgehead atoms. The van der Waals surface area contributed by atoms with Crippen LogP contribution in [0.2, 0.25) is 0 Å². The van der Waals surface area contributed by atoms with Crippen LogP contribution >= 0.6 is 11.8 Å². The zero-order valence-electron chi connectivity index (χ0n) is 9.25. The van der Waals surface area contributed by atoms with Gasteiger partial charge in [0.2, 0.25) is 0 Å². The van der Waals surface area contributed by atoms with Crippen molar-refractivity contribution < 1.29 is 9.90 Å². The second kappa shape index (κ2) is 8.12. The van der Waals surface area contributed by atoms with Crippen LogP contribution in [0.4, 0.5) is 0 Å². The summed E-state index contributed by atoms with van der Waals surface area (Å²) < 4.78 is 0. The summed E-state index contributed by atoms with van der Waals surface area (Å²) in [6, 6.07) is -0.111. The van der Waals surface area contributed by atoms with Crippen molar-refractivity contribution in [3.63, 3.8) is 0 Å². The summed E-state index contributed by atoms with van der Waals surface area (Å²) in [5.41, 5.74) is 0. The van der Waals surface area contributed by atoms with Crippen LogP contribution in [-0.2, 0) is 4.79 Å². The van der Waals surface area contributed by atoms with E-state index in [9.17, 15) is 4.79 Å². The molecule has 0 aliphatic rings. The zero-order chi connectivity index (χ0) is 11.0. The third-order valence-corrected chi connectivity index (χ3v) is 3.08. The number of thioether (sulfide) groups is 1. The van der Waals surface area contributed by atoms with Crippen molar-refractivity contribution in [2.45, 2.75) is 45.7 Å². The molecule has 0 heterocycles. The number of aliphatic carboxylic acids is 1. The summed E-state index contributed by atoms with van der Waals surface area (Å²) in [7, 11) is 0. The molecular weight excluding hydrogens is 198 g/mol. The van der Waals surface area contributed by atoms with E-state index in [1.54, 1.807) is 0 Å². The molecule has 0 radical (unpaired) electrons. The molecule has 0 aromatic rings. The minimum atomic E-state index is -0.736. The molecule has 0 amide bonds. The molecule has 0 aliphatic heterocycles. The highest BCUT2D eigenvalue weighted by atomic mass is 32.2. The molecule has 0 fully saturated rings. The summed E-state index contributed by atoms with van der Waals surface area (Å²) >= 11 is 1.83. The largest absolute Gasteiger partial charge is 0.480 e. The normalized spacial score (nSPS) is 15.1. The standard InChI is InChI=1S/C10H21NO2S/c1-4-6-9(10(12)13)11-8(3)7-14-5-2/h8-9,11H,4-7H2,1-3H3,(H,12,13). The first-order valence-electron chi connectivity index (χ1n) is 5.18. The molecule has 2 unspecified atom stereocenters. The van der Waals surface area contributed by atoms with Crippen LogP contribution in [0.1, 0.15) is 33.6 Å². The van der Waals surface area contributed by atoms with Crippen LogP contribution in [0, 0.1) is 0 Å². The van der Waals surface area contributed by atoms with Gasteiger partial charge < -0.3 is 10.4 Å². The molecule has 2 N–H and O–H groups in total.